The molecule has 2 nitrogen and oxygen atoms in total. The van der Waals surface area contributed by atoms with Crippen molar-refractivity contribution in [3.63, 3.8) is 0 Å². The third-order valence-electron chi connectivity index (χ3n) is 2.95. The molecule has 0 radical (unpaired) electrons. The van der Waals surface area contributed by atoms with Gasteiger partial charge in [-0.3, -0.25) is 0 Å². The first-order valence-corrected chi connectivity index (χ1v) is 9.11. The average molecular weight is 414 g/mol. The van der Waals surface area contributed by atoms with Crippen molar-refractivity contribution in [1.29, 1.82) is 0 Å². The Morgan fingerprint density at radius 2 is 1.00 bits per heavy atom. The van der Waals surface area contributed by atoms with Crippen molar-refractivity contribution < 1.29 is 9.47 Å². The molecule has 0 heterocycles. The summed E-state index contributed by atoms with van der Waals surface area (Å²) in [6.07, 6.45) is 0.914. The molecular formula is C17H18Br2O2. The molecule has 0 aromatic heterocycles. The second-order valence-corrected chi connectivity index (χ2v) is 6.13. The second kappa shape index (κ2) is 9.11. The van der Waals surface area contributed by atoms with Gasteiger partial charge in [0.15, 0.2) is 0 Å². The van der Waals surface area contributed by atoms with Gasteiger partial charge in [0.2, 0.25) is 0 Å². The van der Waals surface area contributed by atoms with Crippen LogP contribution < -0.4 is 9.47 Å². The molecule has 0 aliphatic carbocycles. The smallest absolute Gasteiger partial charge is 0.119 e. The third-order valence-corrected chi connectivity index (χ3v) is 3.59. The van der Waals surface area contributed by atoms with Gasteiger partial charge in [0.1, 0.15) is 11.5 Å². The van der Waals surface area contributed by atoms with Crippen LogP contribution in [-0.4, -0.2) is 23.9 Å². The second-order valence-electron chi connectivity index (χ2n) is 4.54. The van der Waals surface area contributed by atoms with E-state index in [0.29, 0.717) is 13.2 Å². The molecule has 0 fully saturated rings. The molecule has 0 aliphatic rings. The molecule has 2 aromatic carbocycles. The Morgan fingerprint density at radius 1 is 0.619 bits per heavy atom. The maximum absolute atomic E-state index is 5.55. The van der Waals surface area contributed by atoms with E-state index in [1.54, 1.807) is 0 Å². The van der Waals surface area contributed by atoms with Crippen LogP contribution in [0.4, 0.5) is 0 Å². The highest BCUT2D eigenvalue weighted by atomic mass is 79.9. The summed E-state index contributed by atoms with van der Waals surface area (Å²) >= 11 is 6.70. The van der Waals surface area contributed by atoms with Gasteiger partial charge in [0.05, 0.1) is 13.2 Å². The number of alkyl halides is 2. The van der Waals surface area contributed by atoms with Gasteiger partial charge in [0, 0.05) is 10.7 Å². The lowest BCUT2D eigenvalue weighted by atomic mass is 10.0. The molecule has 0 saturated heterocycles. The fourth-order valence-corrected chi connectivity index (χ4v) is 2.28. The van der Waals surface area contributed by atoms with E-state index >= 15 is 0 Å². The zero-order valence-electron chi connectivity index (χ0n) is 11.7. The van der Waals surface area contributed by atoms with Gasteiger partial charge >= 0.3 is 0 Å². The van der Waals surface area contributed by atoms with Gasteiger partial charge in [0.25, 0.3) is 0 Å². The SMILES string of the molecule is BrCCOc1ccc(Cc2ccc(OCCBr)cc2)cc1. The molecule has 0 unspecified atom stereocenters. The van der Waals surface area contributed by atoms with Crippen molar-refractivity contribution in [2.24, 2.45) is 0 Å². The minimum absolute atomic E-state index is 0.690. The molecule has 0 N–H and O–H groups in total. The molecule has 0 saturated carbocycles. The van der Waals surface area contributed by atoms with Crippen LogP contribution in [-0.2, 0) is 6.42 Å². The van der Waals surface area contributed by atoms with Crippen molar-refractivity contribution in [1.82, 2.24) is 0 Å². The molecular weight excluding hydrogens is 396 g/mol. The normalized spacial score (nSPS) is 10.4. The lowest BCUT2D eigenvalue weighted by molar-refractivity contribution is 0.345. The number of halogens is 2. The molecule has 2 aromatic rings. The number of benzene rings is 2. The number of hydrogen-bond donors (Lipinski definition) is 0. The van der Waals surface area contributed by atoms with E-state index in [-0.39, 0.29) is 0 Å². The largest absolute Gasteiger partial charge is 0.493 e. The summed E-state index contributed by atoms with van der Waals surface area (Å²) in [5, 5.41) is 1.69. The van der Waals surface area contributed by atoms with Crippen LogP contribution in [0.2, 0.25) is 0 Å². The van der Waals surface area contributed by atoms with Crippen LogP contribution >= 0.6 is 31.9 Å². The minimum Gasteiger partial charge on any atom is -0.493 e. The van der Waals surface area contributed by atoms with Crippen molar-refractivity contribution in [3.8, 4) is 11.5 Å². The number of ether oxygens (including phenoxy) is 2. The molecule has 21 heavy (non-hydrogen) atoms. The maximum atomic E-state index is 5.55. The first-order chi connectivity index (χ1) is 10.3. The van der Waals surface area contributed by atoms with Gasteiger partial charge in [-0.25, -0.2) is 0 Å². The molecule has 2 rings (SSSR count). The minimum atomic E-state index is 0.690. The van der Waals surface area contributed by atoms with Crippen molar-refractivity contribution in [2.75, 3.05) is 23.9 Å². The summed E-state index contributed by atoms with van der Waals surface area (Å²) in [6.45, 7) is 1.38. The molecule has 0 amide bonds. The summed E-state index contributed by atoms with van der Waals surface area (Å²) < 4.78 is 11.1. The zero-order valence-corrected chi connectivity index (χ0v) is 14.9. The van der Waals surface area contributed by atoms with E-state index in [9.17, 15) is 0 Å². The first kappa shape index (κ1) is 16.4. The van der Waals surface area contributed by atoms with E-state index in [4.69, 9.17) is 9.47 Å². The van der Waals surface area contributed by atoms with Gasteiger partial charge < -0.3 is 9.47 Å². The number of hydrogen-bond acceptors (Lipinski definition) is 2. The Balaban J connectivity index is 1.91. The number of rotatable bonds is 8. The Labute approximate surface area is 142 Å². The fourth-order valence-electron chi connectivity index (χ4n) is 1.96. The third kappa shape index (κ3) is 5.71. The van der Waals surface area contributed by atoms with Gasteiger partial charge in [-0.15, -0.1) is 0 Å². The van der Waals surface area contributed by atoms with E-state index in [0.717, 1.165) is 28.6 Å². The first-order valence-electron chi connectivity index (χ1n) is 6.87. The van der Waals surface area contributed by atoms with Crippen molar-refractivity contribution in [3.05, 3.63) is 59.7 Å². The lowest BCUT2D eigenvalue weighted by Gasteiger charge is -2.07. The lowest BCUT2D eigenvalue weighted by Crippen LogP contribution is -1.98. The Kier molecular flexibility index (Phi) is 7.10. The summed E-state index contributed by atoms with van der Waals surface area (Å²) in [6, 6.07) is 16.5. The topological polar surface area (TPSA) is 18.5 Å². The van der Waals surface area contributed by atoms with Gasteiger partial charge in [-0.1, -0.05) is 56.1 Å². The van der Waals surface area contributed by atoms with Crippen molar-refractivity contribution >= 4 is 31.9 Å². The van der Waals surface area contributed by atoms with Crippen LogP contribution in [0.15, 0.2) is 48.5 Å². The molecule has 112 valence electrons. The highest BCUT2D eigenvalue weighted by Gasteiger charge is 1.99. The van der Waals surface area contributed by atoms with Crippen LogP contribution in [0.1, 0.15) is 11.1 Å². The van der Waals surface area contributed by atoms with Crippen LogP contribution in [0, 0.1) is 0 Å². The Morgan fingerprint density at radius 3 is 1.33 bits per heavy atom. The van der Waals surface area contributed by atoms with Crippen LogP contribution in [0.25, 0.3) is 0 Å². The maximum Gasteiger partial charge on any atom is 0.119 e. The summed E-state index contributed by atoms with van der Waals surface area (Å²) in [5.41, 5.74) is 2.55. The molecule has 4 heteroatoms. The fraction of sp³-hybridized carbons (Fsp3) is 0.294. The van der Waals surface area contributed by atoms with E-state index < -0.39 is 0 Å². The van der Waals surface area contributed by atoms with Crippen LogP contribution in [0.5, 0.6) is 11.5 Å². The van der Waals surface area contributed by atoms with E-state index in [1.807, 2.05) is 24.3 Å². The van der Waals surface area contributed by atoms with Gasteiger partial charge in [-0.2, -0.15) is 0 Å². The molecule has 0 aliphatic heterocycles. The van der Waals surface area contributed by atoms with Crippen LogP contribution in [0.3, 0.4) is 0 Å². The Hall–Kier alpha value is -1.00. The molecule has 0 atom stereocenters. The monoisotopic (exact) mass is 412 g/mol. The standard InChI is InChI=1S/C17H18Br2O2/c18-9-11-20-16-5-1-14(2-6-16)13-15-3-7-17(8-4-15)21-12-10-19/h1-8H,9-13H2. The zero-order chi connectivity index (χ0) is 14.9. The highest BCUT2D eigenvalue weighted by Crippen LogP contribution is 2.18. The summed E-state index contributed by atoms with van der Waals surface area (Å²) in [4.78, 5) is 0. The average Bonchev–Trinajstić information content (AvgIpc) is 2.53. The quantitative estimate of drug-likeness (QED) is 0.577. The predicted molar refractivity (Wildman–Crippen MR) is 94.3 cm³/mol. The van der Waals surface area contributed by atoms with Gasteiger partial charge in [-0.05, 0) is 41.8 Å². The molecule has 0 spiro atoms. The highest BCUT2D eigenvalue weighted by molar-refractivity contribution is 9.09. The molecule has 0 bridgehead atoms. The van der Waals surface area contributed by atoms with E-state index in [2.05, 4.69) is 56.1 Å². The van der Waals surface area contributed by atoms with E-state index in [1.165, 1.54) is 11.1 Å². The Bertz CT molecular complexity index is 474. The summed E-state index contributed by atoms with van der Waals surface area (Å²) in [5.74, 6) is 1.83. The summed E-state index contributed by atoms with van der Waals surface area (Å²) in [7, 11) is 0. The predicted octanol–water partition coefficient (Wildman–Crippen LogP) is 4.82. The van der Waals surface area contributed by atoms with Crippen molar-refractivity contribution in [2.45, 2.75) is 6.42 Å².